The van der Waals surface area contributed by atoms with Crippen LogP contribution in [0.2, 0.25) is 0 Å². The molecule has 0 aromatic carbocycles. The van der Waals surface area contributed by atoms with Gasteiger partial charge in [-0.25, -0.2) is 9.56 Å². The lowest BCUT2D eigenvalue weighted by Gasteiger charge is -2.40. The van der Waals surface area contributed by atoms with Crippen LogP contribution in [-0.2, 0) is 18.6 Å². The molecule has 132 valence electrons. The van der Waals surface area contributed by atoms with E-state index in [0.717, 1.165) is 0 Å². The quantitative estimate of drug-likeness (QED) is 0.214. The number of hydrogen-bond donors (Lipinski definition) is 7. The number of hydrogen-bond acceptors (Lipinski definition) is 10. The van der Waals surface area contributed by atoms with Crippen LogP contribution in [0.4, 0.5) is 0 Å². The lowest BCUT2D eigenvalue weighted by atomic mass is 10.0. The van der Waals surface area contributed by atoms with Gasteiger partial charge in [0.1, 0.15) is 12.1 Å². The van der Waals surface area contributed by atoms with Gasteiger partial charge in [0.05, 0.1) is 12.6 Å². The van der Waals surface area contributed by atoms with Crippen LogP contribution in [0.3, 0.4) is 0 Å². The van der Waals surface area contributed by atoms with E-state index in [9.17, 15) is 9.36 Å². The second-order valence-corrected chi connectivity index (χ2v) is 7.33. The molecule has 3 aliphatic rings. The highest BCUT2D eigenvalue weighted by atomic mass is 32.1. The second-order valence-electron chi connectivity index (χ2n) is 5.12. The van der Waals surface area contributed by atoms with E-state index in [2.05, 4.69) is 50.4 Å². The van der Waals surface area contributed by atoms with E-state index in [1.54, 1.807) is 0 Å². The molecular formula is C10H14N5O6PS2. The number of nitrogens with zero attached hydrogens (tertiary/aromatic N) is 2. The first-order valence-electron chi connectivity index (χ1n) is 6.62. The Bertz CT molecular complexity index is 721. The minimum absolute atomic E-state index is 0.0797. The number of phosphoric ester groups is 1. The summed E-state index contributed by atoms with van der Waals surface area (Å²) in [7, 11) is -4.66. The van der Waals surface area contributed by atoms with Crippen molar-refractivity contribution >= 4 is 50.8 Å². The van der Waals surface area contributed by atoms with Crippen LogP contribution in [0.1, 0.15) is 0 Å². The first-order valence-corrected chi connectivity index (χ1v) is 9.04. The summed E-state index contributed by atoms with van der Waals surface area (Å²) in [4.78, 5) is 38.5. The molecule has 0 aliphatic carbocycles. The number of rotatable bonds is 3. The zero-order valence-electron chi connectivity index (χ0n) is 11.9. The number of nitrogens with two attached hydrogens (primary N) is 1. The Morgan fingerprint density at radius 3 is 2.75 bits per heavy atom. The lowest BCUT2D eigenvalue weighted by molar-refractivity contribution is -0.121. The van der Waals surface area contributed by atoms with Gasteiger partial charge in [-0.1, -0.05) is 0 Å². The molecular weight excluding hydrogens is 381 g/mol. The molecule has 4 atom stereocenters. The molecule has 3 heterocycles. The van der Waals surface area contributed by atoms with Crippen molar-refractivity contribution in [3.05, 3.63) is 9.81 Å². The monoisotopic (exact) mass is 395 g/mol. The van der Waals surface area contributed by atoms with Crippen molar-refractivity contribution in [2.75, 3.05) is 6.61 Å². The third-order valence-electron chi connectivity index (χ3n) is 3.46. The fourth-order valence-electron chi connectivity index (χ4n) is 2.41. The third kappa shape index (κ3) is 3.53. The average Bonchev–Trinajstić information content (AvgIpc) is 2.47. The van der Waals surface area contributed by atoms with Gasteiger partial charge in [0.2, 0.25) is 5.96 Å². The number of aliphatic imine (C=N–C) groups is 2. The number of amidine groups is 1. The number of carbonyl (C=O) groups is 1. The molecule has 0 radical (unpaired) electrons. The summed E-state index contributed by atoms with van der Waals surface area (Å²) in [6.45, 7) is -0.434. The number of amides is 1. The summed E-state index contributed by atoms with van der Waals surface area (Å²) < 4.78 is 20.9. The number of ether oxygens (including phenoxy) is 1. The number of carbonyl (C=O) groups excluding carboxylic acids is 1. The standard InChI is InChI=1S/C10H14N5O6PS2/c11-10-14-7-4(8(16)15-10)12-3-6(24)5(23)2(21-9(3)13-7)1-20-22(17,18)19/h2-4,9,12,23-24H,1H2,(H2,17,18,19)(H3,11,13,14,15,16)/t2-,3+,4?,9-/m1/s1. The smallest absolute Gasteiger partial charge is 0.369 e. The Morgan fingerprint density at radius 1 is 1.38 bits per heavy atom. The van der Waals surface area contributed by atoms with Crippen LogP contribution < -0.4 is 16.4 Å². The number of nitrogens with one attached hydrogen (secondary N) is 2. The molecule has 24 heavy (non-hydrogen) atoms. The normalized spacial score (nSPS) is 33.2. The number of fused-ring (bicyclic) bond motifs is 2. The molecule has 0 bridgehead atoms. The molecule has 0 saturated carbocycles. The summed E-state index contributed by atoms with van der Waals surface area (Å²) in [6.07, 6.45) is -1.70. The van der Waals surface area contributed by atoms with Gasteiger partial charge in [0.15, 0.2) is 12.1 Å². The maximum atomic E-state index is 12.0. The van der Waals surface area contributed by atoms with E-state index in [1.807, 2.05) is 0 Å². The Morgan fingerprint density at radius 2 is 2.08 bits per heavy atom. The minimum Gasteiger partial charge on any atom is -0.369 e. The largest absolute Gasteiger partial charge is 0.469 e. The fourth-order valence-corrected chi connectivity index (χ4v) is 3.37. The van der Waals surface area contributed by atoms with Crippen molar-refractivity contribution in [1.82, 2.24) is 10.6 Å². The van der Waals surface area contributed by atoms with Crippen LogP contribution in [0.25, 0.3) is 0 Å². The first kappa shape index (κ1) is 17.9. The van der Waals surface area contributed by atoms with Crippen molar-refractivity contribution in [1.29, 1.82) is 0 Å². The molecule has 14 heteroatoms. The van der Waals surface area contributed by atoms with Crippen molar-refractivity contribution in [2.24, 2.45) is 15.7 Å². The van der Waals surface area contributed by atoms with Crippen molar-refractivity contribution in [3.8, 4) is 0 Å². The van der Waals surface area contributed by atoms with E-state index < -0.39 is 44.8 Å². The van der Waals surface area contributed by atoms with E-state index in [1.165, 1.54) is 0 Å². The molecule has 6 N–H and O–H groups in total. The Kier molecular flexibility index (Phi) is 4.79. The van der Waals surface area contributed by atoms with E-state index in [-0.39, 0.29) is 11.8 Å². The summed E-state index contributed by atoms with van der Waals surface area (Å²) in [5, 5.41) is 5.38. The number of guanidine groups is 1. The topological polar surface area (TPSA) is 168 Å². The number of thiol groups is 2. The maximum Gasteiger partial charge on any atom is 0.469 e. The van der Waals surface area contributed by atoms with Gasteiger partial charge in [-0.05, 0) is 0 Å². The van der Waals surface area contributed by atoms with E-state index in [4.69, 9.17) is 20.3 Å². The van der Waals surface area contributed by atoms with Crippen LogP contribution in [0.15, 0.2) is 19.8 Å². The zero-order valence-corrected chi connectivity index (χ0v) is 14.5. The van der Waals surface area contributed by atoms with Crippen LogP contribution in [0.5, 0.6) is 0 Å². The summed E-state index contributed by atoms with van der Waals surface area (Å²) in [5.74, 6) is -0.339. The summed E-state index contributed by atoms with van der Waals surface area (Å²) in [6, 6.07) is -1.38. The van der Waals surface area contributed by atoms with Crippen LogP contribution >= 0.6 is 33.1 Å². The lowest BCUT2D eigenvalue weighted by Crippen LogP contribution is -2.64. The summed E-state index contributed by atoms with van der Waals surface area (Å²) in [5.41, 5.74) is 5.50. The van der Waals surface area contributed by atoms with Crippen molar-refractivity contribution in [3.63, 3.8) is 0 Å². The van der Waals surface area contributed by atoms with E-state index in [0.29, 0.717) is 9.81 Å². The van der Waals surface area contributed by atoms with Gasteiger partial charge < -0.3 is 20.3 Å². The summed E-state index contributed by atoms with van der Waals surface area (Å²) >= 11 is 8.62. The average molecular weight is 395 g/mol. The van der Waals surface area contributed by atoms with Crippen molar-refractivity contribution < 1.29 is 28.4 Å². The predicted octanol–water partition coefficient (Wildman–Crippen LogP) is -1.92. The Hall–Kier alpha value is -0.920. The van der Waals surface area contributed by atoms with E-state index >= 15 is 0 Å². The first-order chi connectivity index (χ1) is 11.2. The van der Waals surface area contributed by atoms with Gasteiger partial charge in [-0.15, -0.1) is 25.3 Å². The molecule has 0 aromatic heterocycles. The molecule has 0 aromatic rings. The molecule has 1 amide bonds. The van der Waals surface area contributed by atoms with Gasteiger partial charge in [0.25, 0.3) is 5.91 Å². The SMILES string of the molecule is NC1=NC2=N[C@@H]3O[C@H](COP(=O)(O)O)C(S)=C(S)[C@@H]3NC2C(=O)N1. The van der Waals surface area contributed by atoms with Crippen molar-refractivity contribution in [2.45, 2.75) is 24.4 Å². The molecule has 0 saturated heterocycles. The molecule has 1 unspecified atom stereocenters. The predicted molar refractivity (Wildman–Crippen MR) is 89.6 cm³/mol. The van der Waals surface area contributed by atoms with Crippen LogP contribution in [-0.4, -0.2) is 58.5 Å². The third-order valence-corrected chi connectivity index (χ3v) is 5.17. The minimum atomic E-state index is -4.66. The fraction of sp³-hybridized carbons (Fsp3) is 0.500. The van der Waals surface area contributed by atoms with Gasteiger partial charge in [-0.2, -0.15) is 4.99 Å². The highest BCUT2D eigenvalue weighted by molar-refractivity contribution is 7.88. The zero-order chi connectivity index (χ0) is 17.6. The highest BCUT2D eigenvalue weighted by Crippen LogP contribution is 2.39. The molecule has 3 rings (SSSR count). The molecule has 3 aliphatic heterocycles. The highest BCUT2D eigenvalue weighted by Gasteiger charge is 2.44. The second kappa shape index (κ2) is 6.42. The number of phosphoric acid groups is 1. The maximum absolute atomic E-state index is 12.0. The molecule has 0 spiro atoms. The molecule has 0 fully saturated rings. The van der Waals surface area contributed by atoms with Gasteiger partial charge >= 0.3 is 7.82 Å². The van der Waals surface area contributed by atoms with Crippen LogP contribution in [0, 0.1) is 0 Å². The van der Waals surface area contributed by atoms with Gasteiger partial charge in [-0.3, -0.25) is 20.0 Å². The Labute approximate surface area is 146 Å². The van der Waals surface area contributed by atoms with Gasteiger partial charge in [0, 0.05) is 9.81 Å². The molecule has 11 nitrogen and oxygen atoms in total. The Balaban J connectivity index is 1.86.